The largest absolute Gasteiger partial charge is 0.396 e. The predicted octanol–water partition coefficient (Wildman–Crippen LogP) is 14.2. The van der Waals surface area contributed by atoms with Crippen molar-refractivity contribution in [2.75, 3.05) is 6.61 Å². The van der Waals surface area contributed by atoms with Crippen molar-refractivity contribution in [2.45, 2.75) is 214 Å². The van der Waals surface area contributed by atoms with Crippen LogP contribution in [0, 0.1) is 65.1 Å². The molecule has 0 heterocycles. The van der Waals surface area contributed by atoms with Crippen LogP contribution in [0.5, 0.6) is 0 Å². The summed E-state index contributed by atoms with van der Waals surface area (Å²) in [5.74, 6) is 10.9. The van der Waals surface area contributed by atoms with Crippen molar-refractivity contribution in [2.24, 2.45) is 65.1 Å². The summed E-state index contributed by atoms with van der Waals surface area (Å²) in [5.41, 5.74) is 0. The molecule has 0 bridgehead atoms. The molecule has 0 amide bonds. The van der Waals surface area contributed by atoms with E-state index in [1.165, 1.54) is 148 Å². The number of rotatable bonds is 21. The van der Waals surface area contributed by atoms with Crippen LogP contribution in [0.15, 0.2) is 0 Å². The monoisotopic (exact) mass is 641 g/mol. The lowest BCUT2D eigenvalue weighted by Gasteiger charge is -2.44. The van der Waals surface area contributed by atoms with Gasteiger partial charge in [0.25, 0.3) is 0 Å². The number of aliphatic hydroxyl groups excluding tert-OH is 1. The summed E-state index contributed by atoms with van der Waals surface area (Å²) >= 11 is 0. The maximum absolute atomic E-state index is 9.80. The zero-order valence-electron chi connectivity index (χ0n) is 32.0. The summed E-state index contributed by atoms with van der Waals surface area (Å²) in [6.07, 6.45) is 42.6. The minimum Gasteiger partial charge on any atom is -0.396 e. The van der Waals surface area contributed by atoms with Crippen molar-refractivity contribution in [3.8, 4) is 0 Å². The summed E-state index contributed by atoms with van der Waals surface area (Å²) in [5, 5.41) is 9.80. The molecule has 1 N–H and O–H groups in total. The van der Waals surface area contributed by atoms with Gasteiger partial charge in [-0.25, -0.2) is 0 Å². The van der Waals surface area contributed by atoms with Crippen LogP contribution in [0.3, 0.4) is 0 Å². The summed E-state index contributed by atoms with van der Waals surface area (Å²) in [7, 11) is 0. The predicted molar refractivity (Wildman–Crippen MR) is 202 cm³/mol. The molecular weight excluding hydrogens is 556 g/mol. The zero-order valence-corrected chi connectivity index (χ0v) is 32.0. The Kier molecular flexibility index (Phi) is 18.5. The van der Waals surface area contributed by atoms with Gasteiger partial charge in [0.05, 0.1) is 0 Å². The highest BCUT2D eigenvalue weighted by Crippen LogP contribution is 2.49. The topological polar surface area (TPSA) is 20.2 Å². The lowest BCUT2D eigenvalue weighted by Crippen LogP contribution is -2.33. The molecule has 0 aromatic rings. The Bertz CT molecular complexity index is 746. The van der Waals surface area contributed by atoms with Gasteiger partial charge < -0.3 is 5.11 Å². The third kappa shape index (κ3) is 12.1. The fourth-order valence-corrected chi connectivity index (χ4v) is 12.5. The Balaban J connectivity index is 1.35. The highest BCUT2D eigenvalue weighted by molar-refractivity contribution is 4.88. The van der Waals surface area contributed by atoms with E-state index < -0.39 is 0 Å². The Morgan fingerprint density at radius 1 is 0.500 bits per heavy atom. The molecule has 4 aliphatic carbocycles. The Morgan fingerprint density at radius 2 is 1.09 bits per heavy atom. The molecule has 1 nitrogen and oxygen atoms in total. The summed E-state index contributed by atoms with van der Waals surface area (Å²) in [4.78, 5) is 0. The number of fused-ring (bicyclic) bond motifs is 1. The van der Waals surface area contributed by atoms with E-state index in [1.54, 1.807) is 32.1 Å². The first-order valence-corrected chi connectivity index (χ1v) is 22.2. The SMILES string of the molecule is CCCCC(CC)C(CCCC(CCCO)C1CCC(C2CCCCC2)CC1)CCC(C(C)CCC)C1CCC2CCCCC2C1. The van der Waals surface area contributed by atoms with Crippen molar-refractivity contribution in [3.05, 3.63) is 0 Å². The summed E-state index contributed by atoms with van der Waals surface area (Å²) in [6, 6.07) is 0. The van der Waals surface area contributed by atoms with Gasteiger partial charge in [-0.2, -0.15) is 0 Å². The van der Waals surface area contributed by atoms with Gasteiger partial charge in [-0.05, 0) is 136 Å². The lowest BCUT2D eigenvalue weighted by atomic mass is 9.62. The summed E-state index contributed by atoms with van der Waals surface area (Å²) in [6.45, 7) is 10.4. The molecule has 270 valence electrons. The van der Waals surface area contributed by atoms with E-state index in [0.717, 1.165) is 71.5 Å². The quantitative estimate of drug-likeness (QED) is 0.132. The number of hydrogen-bond acceptors (Lipinski definition) is 1. The molecule has 4 rings (SSSR count). The van der Waals surface area contributed by atoms with Gasteiger partial charge in [0.2, 0.25) is 0 Å². The molecule has 1 heteroatoms. The molecule has 0 radical (unpaired) electrons. The highest BCUT2D eigenvalue weighted by atomic mass is 16.2. The number of aliphatic hydroxyl groups is 1. The maximum atomic E-state index is 9.80. The first-order chi connectivity index (χ1) is 22.6. The maximum Gasteiger partial charge on any atom is 0.0431 e. The van der Waals surface area contributed by atoms with E-state index in [9.17, 15) is 5.11 Å². The second-order valence-corrected chi connectivity index (χ2v) is 18.1. The normalized spacial score (nSPS) is 31.1. The van der Waals surface area contributed by atoms with E-state index in [4.69, 9.17) is 0 Å². The molecule has 0 saturated heterocycles. The third-order valence-electron chi connectivity index (χ3n) is 15.3. The standard InChI is InChI=1S/C45H84O/c1-5-8-17-36(7-3)39(31-32-45(35(4)16-6-2)44-30-29-40-20-12-13-21-43(40)34-44)23-14-22-38(24-15-33-46)42-27-25-41(26-28-42)37-18-10-9-11-19-37/h35-46H,5-34H2,1-4H3. The first kappa shape index (κ1) is 38.8. The van der Waals surface area contributed by atoms with Crippen LogP contribution in [0.2, 0.25) is 0 Å². The van der Waals surface area contributed by atoms with Crippen LogP contribution in [-0.2, 0) is 0 Å². The van der Waals surface area contributed by atoms with Gasteiger partial charge >= 0.3 is 0 Å². The van der Waals surface area contributed by atoms with Crippen molar-refractivity contribution in [1.29, 1.82) is 0 Å². The summed E-state index contributed by atoms with van der Waals surface area (Å²) < 4.78 is 0. The van der Waals surface area contributed by atoms with Crippen LogP contribution in [0.1, 0.15) is 214 Å². The zero-order chi connectivity index (χ0) is 32.6. The molecule has 0 aliphatic heterocycles. The molecule has 8 unspecified atom stereocenters. The van der Waals surface area contributed by atoms with E-state index >= 15 is 0 Å². The molecule has 4 fully saturated rings. The Labute approximate surface area is 290 Å². The number of unbranched alkanes of at least 4 members (excludes halogenated alkanes) is 1. The fourth-order valence-electron chi connectivity index (χ4n) is 12.5. The molecule has 46 heavy (non-hydrogen) atoms. The van der Waals surface area contributed by atoms with Gasteiger partial charge in [-0.1, -0.05) is 143 Å². The van der Waals surface area contributed by atoms with Crippen molar-refractivity contribution < 1.29 is 5.11 Å². The molecule has 0 aromatic heterocycles. The Morgan fingerprint density at radius 3 is 1.74 bits per heavy atom. The van der Waals surface area contributed by atoms with Crippen LogP contribution >= 0.6 is 0 Å². The molecule has 0 aromatic carbocycles. The third-order valence-corrected chi connectivity index (χ3v) is 15.3. The molecule has 4 saturated carbocycles. The van der Waals surface area contributed by atoms with E-state index in [0.29, 0.717) is 6.61 Å². The van der Waals surface area contributed by atoms with E-state index in [2.05, 4.69) is 27.7 Å². The first-order valence-electron chi connectivity index (χ1n) is 22.2. The highest BCUT2D eigenvalue weighted by Gasteiger charge is 2.37. The van der Waals surface area contributed by atoms with Crippen molar-refractivity contribution >= 4 is 0 Å². The number of hydrogen-bond donors (Lipinski definition) is 1. The van der Waals surface area contributed by atoms with Crippen LogP contribution in [-0.4, -0.2) is 11.7 Å². The van der Waals surface area contributed by atoms with Gasteiger partial charge in [-0.3, -0.25) is 0 Å². The van der Waals surface area contributed by atoms with Gasteiger partial charge in [0, 0.05) is 6.61 Å². The van der Waals surface area contributed by atoms with Gasteiger partial charge in [-0.15, -0.1) is 0 Å². The average Bonchev–Trinajstić information content (AvgIpc) is 3.10. The fraction of sp³-hybridized carbons (Fsp3) is 1.00. The van der Waals surface area contributed by atoms with E-state index in [1.807, 2.05) is 0 Å². The minimum absolute atomic E-state index is 0.394. The minimum atomic E-state index is 0.394. The smallest absolute Gasteiger partial charge is 0.0431 e. The lowest BCUT2D eigenvalue weighted by molar-refractivity contribution is 0.0686. The van der Waals surface area contributed by atoms with Gasteiger partial charge in [0.15, 0.2) is 0 Å². The van der Waals surface area contributed by atoms with Crippen molar-refractivity contribution in [3.63, 3.8) is 0 Å². The molecule has 4 aliphatic rings. The second-order valence-electron chi connectivity index (χ2n) is 18.1. The second kappa shape index (κ2) is 21.9. The van der Waals surface area contributed by atoms with Crippen LogP contribution < -0.4 is 0 Å². The van der Waals surface area contributed by atoms with Crippen molar-refractivity contribution in [1.82, 2.24) is 0 Å². The van der Waals surface area contributed by atoms with E-state index in [-0.39, 0.29) is 0 Å². The molecule has 0 spiro atoms. The molecular formula is C45H84O. The molecule has 8 atom stereocenters. The van der Waals surface area contributed by atoms with Gasteiger partial charge in [0.1, 0.15) is 0 Å². The average molecular weight is 641 g/mol. The van der Waals surface area contributed by atoms with Crippen LogP contribution in [0.4, 0.5) is 0 Å². The van der Waals surface area contributed by atoms with Crippen LogP contribution in [0.25, 0.3) is 0 Å². The Hall–Kier alpha value is -0.0400.